The number of aliphatic carboxylic acids is 1. The molecule has 0 unspecified atom stereocenters. The van der Waals surface area contributed by atoms with Gasteiger partial charge in [-0.05, 0) is 17.7 Å². The molecule has 0 aliphatic carbocycles. The minimum atomic E-state index is -1.05. The Labute approximate surface area is 97.2 Å². The van der Waals surface area contributed by atoms with Crippen molar-refractivity contribution in [1.82, 2.24) is 4.98 Å². The lowest BCUT2D eigenvalue weighted by atomic mass is 10.1. The summed E-state index contributed by atoms with van der Waals surface area (Å²) in [5.74, 6) is -2.11. The van der Waals surface area contributed by atoms with Gasteiger partial charge in [0.1, 0.15) is 11.4 Å². The van der Waals surface area contributed by atoms with Gasteiger partial charge in [0, 0.05) is 6.92 Å². The molecule has 0 aliphatic rings. The summed E-state index contributed by atoms with van der Waals surface area (Å²) in [5, 5.41) is 8.66. The summed E-state index contributed by atoms with van der Waals surface area (Å²) in [6, 6.07) is 2.65. The van der Waals surface area contributed by atoms with E-state index in [2.05, 4.69) is 9.72 Å². The van der Waals surface area contributed by atoms with E-state index < -0.39 is 11.9 Å². The molecular formula is C11H11NO5. The molecule has 0 saturated carbocycles. The molecule has 0 saturated heterocycles. The quantitative estimate of drug-likeness (QED) is 0.611. The zero-order valence-corrected chi connectivity index (χ0v) is 9.39. The third kappa shape index (κ3) is 3.37. The van der Waals surface area contributed by atoms with Gasteiger partial charge < -0.3 is 9.84 Å². The number of hydrogen-bond acceptors (Lipinski definition) is 5. The number of carbonyl (C=O) groups is 3. The molecule has 1 N–H and O–H groups in total. The zero-order chi connectivity index (χ0) is 13.0. The van der Waals surface area contributed by atoms with Gasteiger partial charge in [0.2, 0.25) is 0 Å². The summed E-state index contributed by atoms with van der Waals surface area (Å²) in [4.78, 5) is 36.8. The van der Waals surface area contributed by atoms with E-state index in [1.165, 1.54) is 26.2 Å². The fourth-order valence-corrected chi connectivity index (χ4v) is 1.25. The average molecular weight is 237 g/mol. The number of Topliss-reactive ketones (excluding diaryl/α,β-unsaturated/α-hetero) is 1. The molecule has 0 aliphatic heterocycles. The van der Waals surface area contributed by atoms with Crippen LogP contribution < -0.4 is 0 Å². The Bertz CT molecular complexity index is 481. The van der Waals surface area contributed by atoms with E-state index in [9.17, 15) is 14.4 Å². The molecule has 0 aromatic carbocycles. The predicted molar refractivity (Wildman–Crippen MR) is 56.9 cm³/mol. The van der Waals surface area contributed by atoms with E-state index in [1.54, 1.807) is 0 Å². The van der Waals surface area contributed by atoms with Gasteiger partial charge in [0.05, 0.1) is 13.5 Å². The second-order valence-corrected chi connectivity index (χ2v) is 3.36. The maximum absolute atomic E-state index is 11.3. The molecule has 0 atom stereocenters. The number of carbonyl (C=O) groups excluding carboxylic acids is 2. The van der Waals surface area contributed by atoms with Crippen LogP contribution in [-0.4, -0.2) is 34.9 Å². The van der Waals surface area contributed by atoms with Crippen molar-refractivity contribution in [1.29, 1.82) is 0 Å². The molecule has 1 heterocycles. The summed E-state index contributed by atoms with van der Waals surface area (Å²) >= 11 is 0. The monoisotopic (exact) mass is 237 g/mol. The Morgan fingerprint density at radius 2 is 1.88 bits per heavy atom. The first kappa shape index (κ1) is 12.8. The predicted octanol–water partition coefficient (Wildman–Crippen LogP) is 0.698. The molecule has 0 bridgehead atoms. The van der Waals surface area contributed by atoms with Crippen molar-refractivity contribution in [2.75, 3.05) is 7.11 Å². The fraction of sp³-hybridized carbons (Fsp3) is 0.273. The molecule has 0 spiro atoms. The van der Waals surface area contributed by atoms with Crippen LogP contribution in [0, 0.1) is 0 Å². The number of aromatic nitrogens is 1. The number of pyridine rings is 1. The van der Waals surface area contributed by atoms with Gasteiger partial charge in [-0.3, -0.25) is 9.59 Å². The van der Waals surface area contributed by atoms with Crippen molar-refractivity contribution in [3.8, 4) is 0 Å². The lowest BCUT2D eigenvalue weighted by Gasteiger charge is -2.04. The number of esters is 1. The van der Waals surface area contributed by atoms with Crippen molar-refractivity contribution in [2.45, 2.75) is 13.3 Å². The molecular weight excluding hydrogens is 226 g/mol. The first-order chi connectivity index (χ1) is 7.93. The molecule has 1 aromatic heterocycles. The van der Waals surface area contributed by atoms with Crippen LogP contribution in [0.15, 0.2) is 12.1 Å². The lowest BCUT2D eigenvalue weighted by Crippen LogP contribution is -2.11. The molecule has 6 heteroatoms. The first-order valence-electron chi connectivity index (χ1n) is 4.76. The van der Waals surface area contributed by atoms with E-state index in [0.29, 0.717) is 5.56 Å². The molecule has 17 heavy (non-hydrogen) atoms. The van der Waals surface area contributed by atoms with Gasteiger partial charge in [-0.1, -0.05) is 0 Å². The smallest absolute Gasteiger partial charge is 0.356 e. The van der Waals surface area contributed by atoms with Crippen LogP contribution >= 0.6 is 0 Å². The number of ketones is 1. The topological polar surface area (TPSA) is 93.6 Å². The van der Waals surface area contributed by atoms with Crippen LogP contribution in [0.4, 0.5) is 0 Å². The standard InChI is InChI=1S/C11H11NO5/c1-6(13)8-3-7(5-10(14)15)4-9(12-8)11(16)17-2/h3-4H,5H2,1-2H3,(H,14,15). The van der Waals surface area contributed by atoms with E-state index in [4.69, 9.17) is 5.11 Å². The highest BCUT2D eigenvalue weighted by Crippen LogP contribution is 2.09. The highest BCUT2D eigenvalue weighted by atomic mass is 16.5. The molecule has 0 radical (unpaired) electrons. The van der Waals surface area contributed by atoms with Crippen molar-refractivity contribution < 1.29 is 24.2 Å². The average Bonchev–Trinajstić information content (AvgIpc) is 2.26. The number of rotatable bonds is 4. The van der Waals surface area contributed by atoms with Crippen molar-refractivity contribution in [3.05, 3.63) is 29.1 Å². The third-order valence-corrected chi connectivity index (χ3v) is 2.00. The Morgan fingerprint density at radius 1 is 1.29 bits per heavy atom. The van der Waals surface area contributed by atoms with E-state index in [0.717, 1.165) is 0 Å². The van der Waals surface area contributed by atoms with Gasteiger partial charge in [-0.15, -0.1) is 0 Å². The van der Waals surface area contributed by atoms with Crippen LogP contribution in [0.2, 0.25) is 0 Å². The van der Waals surface area contributed by atoms with Gasteiger partial charge >= 0.3 is 11.9 Å². The zero-order valence-electron chi connectivity index (χ0n) is 9.39. The Balaban J connectivity index is 3.23. The number of carboxylic acid groups (broad SMARTS) is 1. The molecule has 90 valence electrons. The summed E-state index contributed by atoms with van der Waals surface area (Å²) in [5.41, 5.74) is 0.304. The summed E-state index contributed by atoms with van der Waals surface area (Å²) < 4.78 is 4.47. The summed E-state index contributed by atoms with van der Waals surface area (Å²) in [7, 11) is 1.18. The maximum atomic E-state index is 11.3. The minimum absolute atomic E-state index is 0.0455. The number of ether oxygens (including phenoxy) is 1. The van der Waals surface area contributed by atoms with Gasteiger partial charge in [-0.25, -0.2) is 9.78 Å². The third-order valence-electron chi connectivity index (χ3n) is 2.00. The van der Waals surface area contributed by atoms with Crippen LogP contribution in [0.5, 0.6) is 0 Å². The van der Waals surface area contributed by atoms with Gasteiger partial charge in [0.15, 0.2) is 5.78 Å². The molecule has 1 rings (SSSR count). The van der Waals surface area contributed by atoms with Gasteiger partial charge in [0.25, 0.3) is 0 Å². The van der Waals surface area contributed by atoms with E-state index >= 15 is 0 Å². The Hall–Kier alpha value is -2.24. The highest BCUT2D eigenvalue weighted by molar-refractivity contribution is 5.95. The molecule has 0 fully saturated rings. The Kier molecular flexibility index (Phi) is 3.92. The van der Waals surface area contributed by atoms with Crippen molar-refractivity contribution >= 4 is 17.7 Å². The van der Waals surface area contributed by atoms with Crippen molar-refractivity contribution in [2.24, 2.45) is 0 Å². The highest BCUT2D eigenvalue weighted by Gasteiger charge is 2.14. The van der Waals surface area contributed by atoms with Crippen LogP contribution in [-0.2, 0) is 16.0 Å². The van der Waals surface area contributed by atoms with E-state index in [-0.39, 0.29) is 23.6 Å². The lowest BCUT2D eigenvalue weighted by molar-refractivity contribution is -0.136. The van der Waals surface area contributed by atoms with Crippen molar-refractivity contribution in [3.63, 3.8) is 0 Å². The van der Waals surface area contributed by atoms with Crippen LogP contribution in [0.25, 0.3) is 0 Å². The number of methoxy groups -OCH3 is 1. The summed E-state index contributed by atoms with van der Waals surface area (Å²) in [6.07, 6.45) is -0.285. The van der Waals surface area contributed by atoms with Crippen LogP contribution in [0.1, 0.15) is 33.5 Å². The fourth-order valence-electron chi connectivity index (χ4n) is 1.25. The molecule has 0 amide bonds. The SMILES string of the molecule is COC(=O)c1cc(CC(=O)O)cc(C(C)=O)n1. The van der Waals surface area contributed by atoms with Gasteiger partial charge in [-0.2, -0.15) is 0 Å². The molecule has 1 aromatic rings. The van der Waals surface area contributed by atoms with E-state index in [1.807, 2.05) is 0 Å². The normalized spacial score (nSPS) is 9.76. The second kappa shape index (κ2) is 5.20. The first-order valence-corrected chi connectivity index (χ1v) is 4.76. The largest absolute Gasteiger partial charge is 0.481 e. The Morgan fingerprint density at radius 3 is 2.35 bits per heavy atom. The second-order valence-electron chi connectivity index (χ2n) is 3.36. The number of carboxylic acids is 1. The minimum Gasteiger partial charge on any atom is -0.481 e. The number of nitrogens with zero attached hydrogens (tertiary/aromatic N) is 1. The molecule has 6 nitrogen and oxygen atoms in total. The maximum Gasteiger partial charge on any atom is 0.356 e. The number of hydrogen-bond donors (Lipinski definition) is 1. The van der Waals surface area contributed by atoms with Crippen LogP contribution in [0.3, 0.4) is 0 Å². The summed E-state index contributed by atoms with van der Waals surface area (Å²) in [6.45, 7) is 1.29.